The molecule has 2 atom stereocenters. The van der Waals surface area contributed by atoms with E-state index in [9.17, 15) is 14.7 Å². The molecule has 1 N–H and O–H groups in total. The third-order valence-corrected chi connectivity index (χ3v) is 6.81. The number of ketones is 1. The zero-order valence-corrected chi connectivity index (χ0v) is 21.1. The number of fused-ring (bicyclic) bond motifs is 1. The van der Waals surface area contributed by atoms with Gasteiger partial charge in [-0.2, -0.15) is 0 Å². The van der Waals surface area contributed by atoms with Gasteiger partial charge in [0, 0.05) is 12.0 Å². The molecule has 1 aromatic heterocycles. The molecular weight excluding hydrogens is 470 g/mol. The summed E-state index contributed by atoms with van der Waals surface area (Å²) in [5.41, 5.74) is 2.16. The van der Waals surface area contributed by atoms with E-state index in [1.807, 2.05) is 37.3 Å². The summed E-state index contributed by atoms with van der Waals surface area (Å²) < 4.78 is 17.2. The summed E-state index contributed by atoms with van der Waals surface area (Å²) in [6, 6.07) is 15.4. The Balaban J connectivity index is 1.56. The smallest absolute Gasteiger partial charge is 0.296 e. The lowest BCUT2D eigenvalue weighted by Gasteiger charge is -2.25. The molecule has 1 fully saturated rings. The minimum Gasteiger partial charge on any atom is -0.507 e. The maximum absolute atomic E-state index is 13.4. The predicted octanol–water partition coefficient (Wildman–Crippen LogP) is 5.79. The monoisotopic (exact) mass is 501 g/mol. The van der Waals surface area contributed by atoms with E-state index in [1.165, 1.54) is 11.2 Å². The van der Waals surface area contributed by atoms with E-state index in [-0.39, 0.29) is 24.0 Å². The van der Waals surface area contributed by atoms with Crippen LogP contribution in [0.25, 0.3) is 5.76 Å². The van der Waals surface area contributed by atoms with Crippen molar-refractivity contribution in [3.05, 3.63) is 88.9 Å². The highest BCUT2D eigenvalue weighted by Gasteiger charge is 2.46. The Kier molecular flexibility index (Phi) is 7.04. The molecule has 3 aromatic rings. The van der Waals surface area contributed by atoms with E-state index in [0.29, 0.717) is 35.7 Å². The molecule has 192 valence electrons. The van der Waals surface area contributed by atoms with Crippen molar-refractivity contribution in [1.82, 2.24) is 4.90 Å². The van der Waals surface area contributed by atoms with Crippen molar-refractivity contribution < 1.29 is 28.6 Å². The number of Topliss-reactive ketones (excluding diaryl/α,β-unsaturated/α-hetero) is 1. The Morgan fingerprint density at radius 1 is 1.11 bits per heavy atom. The first-order valence-corrected chi connectivity index (χ1v) is 12.8. The molecule has 2 aliphatic rings. The highest BCUT2D eigenvalue weighted by Crippen LogP contribution is 2.42. The standard InChI is InChI=1S/C30H31NO6/c1-3-4-5-13-35-23-9-6-8-20(17-23)27-26(29(33)30(34)31(27)18-24-10-7-14-36-24)28(32)21-11-12-25-22(16-21)15-19(2)37-25/h6-12,14,16-17,19,27,32H,3-5,13,15,18H2,1-2H3/b28-26+/t19-,27+/m1/s1. The molecule has 1 amide bonds. The highest BCUT2D eigenvalue weighted by molar-refractivity contribution is 6.46. The average molecular weight is 502 g/mol. The van der Waals surface area contributed by atoms with E-state index >= 15 is 0 Å². The van der Waals surface area contributed by atoms with Gasteiger partial charge in [-0.05, 0) is 66.9 Å². The second-order valence-electron chi connectivity index (χ2n) is 9.59. The van der Waals surface area contributed by atoms with E-state index in [1.54, 1.807) is 24.3 Å². The Bertz CT molecular complexity index is 1330. The number of carbonyl (C=O) groups excluding carboxylic acids is 2. The van der Waals surface area contributed by atoms with Gasteiger partial charge in [-0.25, -0.2) is 0 Å². The van der Waals surface area contributed by atoms with Crippen molar-refractivity contribution in [2.45, 2.75) is 58.2 Å². The molecule has 2 aromatic carbocycles. The molecule has 0 radical (unpaired) electrons. The Labute approximate surface area is 216 Å². The third kappa shape index (κ3) is 4.99. The van der Waals surface area contributed by atoms with E-state index in [0.717, 1.165) is 30.6 Å². The lowest BCUT2D eigenvalue weighted by molar-refractivity contribution is -0.140. The lowest BCUT2D eigenvalue weighted by Crippen LogP contribution is -2.29. The van der Waals surface area contributed by atoms with Crippen LogP contribution in [0.5, 0.6) is 11.5 Å². The summed E-state index contributed by atoms with van der Waals surface area (Å²) in [5, 5.41) is 11.4. The van der Waals surface area contributed by atoms with Gasteiger partial charge >= 0.3 is 0 Å². The second-order valence-corrected chi connectivity index (χ2v) is 9.59. The Morgan fingerprint density at radius 3 is 2.76 bits per heavy atom. The van der Waals surface area contributed by atoms with Crippen LogP contribution in [0.4, 0.5) is 0 Å². The number of aliphatic hydroxyl groups excluding tert-OH is 1. The molecule has 7 heteroatoms. The molecule has 37 heavy (non-hydrogen) atoms. The number of rotatable bonds is 9. The molecular formula is C30H31NO6. The number of ether oxygens (including phenoxy) is 2. The van der Waals surface area contributed by atoms with Crippen LogP contribution in [0.15, 0.2) is 70.9 Å². The fourth-order valence-electron chi connectivity index (χ4n) is 5.00. The van der Waals surface area contributed by atoms with Gasteiger partial charge in [0.25, 0.3) is 11.7 Å². The summed E-state index contributed by atoms with van der Waals surface area (Å²) >= 11 is 0. The molecule has 0 unspecified atom stereocenters. The fourth-order valence-corrected chi connectivity index (χ4v) is 5.00. The van der Waals surface area contributed by atoms with E-state index in [2.05, 4.69) is 6.92 Å². The number of hydrogen-bond acceptors (Lipinski definition) is 6. The van der Waals surface area contributed by atoms with E-state index in [4.69, 9.17) is 13.9 Å². The second kappa shape index (κ2) is 10.5. The van der Waals surface area contributed by atoms with Gasteiger partial charge in [-0.3, -0.25) is 9.59 Å². The quantitative estimate of drug-likeness (QED) is 0.173. The summed E-state index contributed by atoms with van der Waals surface area (Å²) in [4.78, 5) is 28.1. The SMILES string of the molecule is CCCCCOc1cccc([C@H]2/C(=C(\O)c3ccc4c(c3)C[C@@H](C)O4)C(=O)C(=O)N2Cc2ccco2)c1. The minimum atomic E-state index is -0.798. The Morgan fingerprint density at radius 2 is 1.97 bits per heavy atom. The fraction of sp³-hybridized carbons (Fsp3) is 0.333. The molecule has 0 aliphatic carbocycles. The molecule has 2 aliphatic heterocycles. The number of nitrogens with zero attached hydrogens (tertiary/aromatic N) is 1. The normalized spacial score (nSPS) is 20.2. The lowest BCUT2D eigenvalue weighted by atomic mass is 9.94. The van der Waals surface area contributed by atoms with Crippen LogP contribution < -0.4 is 9.47 Å². The first kappa shape index (κ1) is 24.7. The predicted molar refractivity (Wildman–Crippen MR) is 138 cm³/mol. The van der Waals surface area contributed by atoms with Gasteiger partial charge in [0.15, 0.2) is 0 Å². The number of amides is 1. The molecule has 1 saturated heterocycles. The number of aliphatic hydroxyl groups is 1. The van der Waals surface area contributed by atoms with Crippen molar-refractivity contribution in [2.24, 2.45) is 0 Å². The number of hydrogen-bond donors (Lipinski definition) is 1. The van der Waals surface area contributed by atoms with Crippen LogP contribution in [0, 0.1) is 0 Å². The zero-order chi connectivity index (χ0) is 25.9. The van der Waals surface area contributed by atoms with Crippen molar-refractivity contribution in [3.63, 3.8) is 0 Å². The van der Waals surface area contributed by atoms with Gasteiger partial charge in [-0.15, -0.1) is 0 Å². The van der Waals surface area contributed by atoms with Gasteiger partial charge in [-0.1, -0.05) is 31.9 Å². The van der Waals surface area contributed by atoms with Crippen LogP contribution >= 0.6 is 0 Å². The summed E-state index contributed by atoms with van der Waals surface area (Å²) in [5.74, 6) is 0.348. The molecule has 0 saturated carbocycles. The maximum Gasteiger partial charge on any atom is 0.296 e. The van der Waals surface area contributed by atoms with Crippen molar-refractivity contribution in [2.75, 3.05) is 6.61 Å². The number of likely N-dealkylation sites (tertiary alicyclic amines) is 1. The maximum atomic E-state index is 13.4. The van der Waals surface area contributed by atoms with E-state index < -0.39 is 17.7 Å². The van der Waals surface area contributed by atoms with Crippen molar-refractivity contribution in [3.8, 4) is 11.5 Å². The number of carbonyl (C=O) groups is 2. The van der Waals surface area contributed by atoms with Crippen LogP contribution in [-0.4, -0.2) is 34.4 Å². The number of furan rings is 1. The van der Waals surface area contributed by atoms with Gasteiger partial charge in [0.2, 0.25) is 0 Å². The minimum absolute atomic E-state index is 0.0475. The van der Waals surface area contributed by atoms with Crippen LogP contribution in [-0.2, 0) is 22.6 Å². The molecule has 7 nitrogen and oxygen atoms in total. The molecule has 0 bridgehead atoms. The van der Waals surface area contributed by atoms with Gasteiger partial charge < -0.3 is 23.9 Å². The van der Waals surface area contributed by atoms with Gasteiger partial charge in [0.1, 0.15) is 29.1 Å². The third-order valence-electron chi connectivity index (χ3n) is 6.81. The van der Waals surface area contributed by atoms with Crippen molar-refractivity contribution in [1.29, 1.82) is 0 Å². The number of unbranched alkanes of at least 4 members (excludes halogenated alkanes) is 2. The largest absolute Gasteiger partial charge is 0.507 e. The molecule has 0 spiro atoms. The highest BCUT2D eigenvalue weighted by atomic mass is 16.5. The topological polar surface area (TPSA) is 89.2 Å². The Hall–Kier alpha value is -4.00. The van der Waals surface area contributed by atoms with Crippen LogP contribution in [0.2, 0.25) is 0 Å². The van der Waals surface area contributed by atoms with Gasteiger partial charge in [0.05, 0.1) is 31.0 Å². The summed E-state index contributed by atoms with van der Waals surface area (Å²) in [7, 11) is 0. The first-order valence-electron chi connectivity index (χ1n) is 12.8. The number of benzene rings is 2. The first-order chi connectivity index (χ1) is 18.0. The molecule has 3 heterocycles. The summed E-state index contributed by atoms with van der Waals surface area (Å²) in [6.45, 7) is 4.80. The average Bonchev–Trinajstić information content (AvgIpc) is 3.60. The van der Waals surface area contributed by atoms with Crippen LogP contribution in [0.3, 0.4) is 0 Å². The molecule has 5 rings (SSSR count). The van der Waals surface area contributed by atoms with Crippen LogP contribution in [0.1, 0.15) is 61.6 Å². The van der Waals surface area contributed by atoms with Crippen molar-refractivity contribution >= 4 is 17.4 Å². The summed E-state index contributed by atoms with van der Waals surface area (Å²) in [6.07, 6.45) is 5.40. The zero-order valence-electron chi connectivity index (χ0n) is 21.1.